The van der Waals surface area contributed by atoms with Crippen LogP contribution in [0.1, 0.15) is 12.8 Å². The van der Waals surface area contributed by atoms with Gasteiger partial charge in [0.1, 0.15) is 5.75 Å². The summed E-state index contributed by atoms with van der Waals surface area (Å²) >= 11 is 0. The molecule has 0 amide bonds. The molecule has 1 fully saturated rings. The highest BCUT2D eigenvalue weighted by Crippen LogP contribution is 2.25. The fraction of sp³-hybridized carbons (Fsp3) is 0.500. The third-order valence-corrected chi connectivity index (χ3v) is 2.63. The van der Waals surface area contributed by atoms with E-state index in [2.05, 4.69) is 5.32 Å². The van der Waals surface area contributed by atoms with E-state index in [-0.39, 0.29) is 0 Å². The molecule has 1 aromatic carbocycles. The molecule has 1 unspecified atom stereocenters. The maximum absolute atomic E-state index is 5.42. The summed E-state index contributed by atoms with van der Waals surface area (Å²) in [4.78, 5) is 0. The zero-order valence-corrected chi connectivity index (χ0v) is 9.03. The summed E-state index contributed by atoms with van der Waals surface area (Å²) in [5, 5.41) is 3.45. The predicted molar refractivity (Wildman–Crippen MR) is 60.5 cm³/mol. The van der Waals surface area contributed by atoms with Crippen molar-refractivity contribution in [2.75, 3.05) is 25.6 Å². The zero-order chi connectivity index (χ0) is 10.5. The van der Waals surface area contributed by atoms with Gasteiger partial charge in [-0.1, -0.05) is 12.1 Å². The van der Waals surface area contributed by atoms with E-state index in [9.17, 15) is 0 Å². The fourth-order valence-corrected chi connectivity index (χ4v) is 1.84. The fourth-order valence-electron chi connectivity index (χ4n) is 1.84. The Morgan fingerprint density at radius 1 is 1.40 bits per heavy atom. The van der Waals surface area contributed by atoms with Gasteiger partial charge in [0.05, 0.1) is 19.4 Å². The molecular formula is C12H17NO2. The van der Waals surface area contributed by atoms with Crippen molar-refractivity contribution in [3.8, 4) is 5.75 Å². The number of rotatable bonds is 3. The first kappa shape index (κ1) is 10.3. The van der Waals surface area contributed by atoms with Crippen LogP contribution in [0.15, 0.2) is 24.3 Å². The van der Waals surface area contributed by atoms with Gasteiger partial charge in [0.15, 0.2) is 0 Å². The van der Waals surface area contributed by atoms with Crippen LogP contribution in [-0.2, 0) is 4.74 Å². The molecule has 82 valence electrons. The molecule has 3 heteroatoms. The lowest BCUT2D eigenvalue weighted by Crippen LogP contribution is -2.30. The molecule has 1 aliphatic heterocycles. The number of anilines is 1. The van der Waals surface area contributed by atoms with Crippen LogP contribution in [-0.4, -0.2) is 26.4 Å². The third-order valence-electron chi connectivity index (χ3n) is 2.63. The standard InChI is InChI=1S/C12H17NO2/c1-14-12-7-3-2-6-11(12)13-10-5-4-8-15-9-10/h2-3,6-7,10,13H,4-5,8-9H2,1H3. The summed E-state index contributed by atoms with van der Waals surface area (Å²) in [5.74, 6) is 0.892. The molecule has 0 saturated carbocycles. The maximum atomic E-state index is 5.42. The molecule has 0 aromatic heterocycles. The molecule has 1 aromatic rings. The van der Waals surface area contributed by atoms with Gasteiger partial charge in [-0.15, -0.1) is 0 Å². The number of para-hydroxylation sites is 2. The molecule has 1 saturated heterocycles. The van der Waals surface area contributed by atoms with Crippen molar-refractivity contribution >= 4 is 5.69 Å². The minimum atomic E-state index is 0.412. The van der Waals surface area contributed by atoms with Crippen molar-refractivity contribution in [1.29, 1.82) is 0 Å². The lowest BCUT2D eigenvalue weighted by Gasteiger charge is -2.24. The van der Waals surface area contributed by atoms with Gasteiger partial charge in [0, 0.05) is 12.6 Å². The van der Waals surface area contributed by atoms with Crippen LogP contribution in [0.2, 0.25) is 0 Å². The van der Waals surface area contributed by atoms with E-state index < -0.39 is 0 Å². The lowest BCUT2D eigenvalue weighted by molar-refractivity contribution is 0.0875. The van der Waals surface area contributed by atoms with E-state index in [1.54, 1.807) is 7.11 Å². The summed E-state index contributed by atoms with van der Waals surface area (Å²) in [5.41, 5.74) is 1.05. The minimum Gasteiger partial charge on any atom is -0.495 e. The molecule has 0 bridgehead atoms. The van der Waals surface area contributed by atoms with Crippen LogP contribution in [0, 0.1) is 0 Å². The average Bonchev–Trinajstić information content (AvgIpc) is 2.31. The molecule has 15 heavy (non-hydrogen) atoms. The first-order chi connectivity index (χ1) is 7.40. The van der Waals surface area contributed by atoms with Crippen LogP contribution in [0.3, 0.4) is 0 Å². The molecule has 0 radical (unpaired) electrons. The highest BCUT2D eigenvalue weighted by Gasteiger charge is 2.14. The predicted octanol–water partition coefficient (Wildman–Crippen LogP) is 2.29. The van der Waals surface area contributed by atoms with E-state index in [0.29, 0.717) is 6.04 Å². The normalized spacial score (nSPS) is 21.0. The molecule has 1 N–H and O–H groups in total. The van der Waals surface area contributed by atoms with E-state index in [1.807, 2.05) is 24.3 Å². The van der Waals surface area contributed by atoms with Crippen LogP contribution < -0.4 is 10.1 Å². The van der Waals surface area contributed by atoms with Crippen molar-refractivity contribution in [2.24, 2.45) is 0 Å². The Labute approximate surface area is 90.4 Å². The number of hydrogen-bond acceptors (Lipinski definition) is 3. The number of benzene rings is 1. The monoisotopic (exact) mass is 207 g/mol. The van der Waals surface area contributed by atoms with Gasteiger partial charge in [0.25, 0.3) is 0 Å². The summed E-state index contributed by atoms with van der Waals surface area (Å²) in [6.45, 7) is 1.68. The summed E-state index contributed by atoms with van der Waals surface area (Å²) in [6, 6.07) is 8.39. The van der Waals surface area contributed by atoms with Crippen LogP contribution in [0.4, 0.5) is 5.69 Å². The van der Waals surface area contributed by atoms with Gasteiger partial charge >= 0.3 is 0 Å². The molecule has 3 nitrogen and oxygen atoms in total. The summed E-state index contributed by atoms with van der Waals surface area (Å²) in [7, 11) is 1.69. The van der Waals surface area contributed by atoms with Crippen LogP contribution >= 0.6 is 0 Å². The van der Waals surface area contributed by atoms with Crippen LogP contribution in [0.25, 0.3) is 0 Å². The van der Waals surface area contributed by atoms with Gasteiger partial charge < -0.3 is 14.8 Å². The first-order valence-corrected chi connectivity index (χ1v) is 5.37. The largest absolute Gasteiger partial charge is 0.495 e. The number of methoxy groups -OCH3 is 1. The summed E-state index contributed by atoms with van der Waals surface area (Å²) < 4.78 is 10.7. The number of ether oxygens (including phenoxy) is 2. The van der Waals surface area contributed by atoms with Crippen molar-refractivity contribution in [2.45, 2.75) is 18.9 Å². The highest BCUT2D eigenvalue weighted by atomic mass is 16.5. The van der Waals surface area contributed by atoms with E-state index in [4.69, 9.17) is 9.47 Å². The molecule has 2 rings (SSSR count). The molecule has 1 atom stereocenters. The quantitative estimate of drug-likeness (QED) is 0.824. The summed E-state index contributed by atoms with van der Waals surface area (Å²) in [6.07, 6.45) is 2.30. The second-order valence-electron chi connectivity index (χ2n) is 3.76. The van der Waals surface area contributed by atoms with Crippen molar-refractivity contribution in [1.82, 2.24) is 0 Å². The Bertz CT molecular complexity index is 308. The van der Waals surface area contributed by atoms with Gasteiger partial charge in [-0.2, -0.15) is 0 Å². The minimum absolute atomic E-state index is 0.412. The molecule has 0 aliphatic carbocycles. The van der Waals surface area contributed by atoms with Gasteiger partial charge in [-0.3, -0.25) is 0 Å². The molecule has 1 aliphatic rings. The number of hydrogen-bond donors (Lipinski definition) is 1. The van der Waals surface area contributed by atoms with Gasteiger partial charge in [-0.05, 0) is 25.0 Å². The highest BCUT2D eigenvalue weighted by molar-refractivity contribution is 5.56. The van der Waals surface area contributed by atoms with Crippen molar-refractivity contribution in [3.05, 3.63) is 24.3 Å². The topological polar surface area (TPSA) is 30.5 Å². The first-order valence-electron chi connectivity index (χ1n) is 5.37. The Balaban J connectivity index is 2.02. The van der Waals surface area contributed by atoms with E-state index in [1.165, 1.54) is 0 Å². The lowest BCUT2D eigenvalue weighted by atomic mass is 10.1. The Morgan fingerprint density at radius 2 is 2.27 bits per heavy atom. The zero-order valence-electron chi connectivity index (χ0n) is 9.03. The third kappa shape index (κ3) is 2.63. The second kappa shape index (κ2) is 5.03. The van der Waals surface area contributed by atoms with Crippen molar-refractivity contribution < 1.29 is 9.47 Å². The Hall–Kier alpha value is -1.22. The number of nitrogens with one attached hydrogen (secondary N) is 1. The molecule has 0 spiro atoms. The molecule has 1 heterocycles. The second-order valence-corrected chi connectivity index (χ2v) is 3.76. The Morgan fingerprint density at radius 3 is 3.00 bits per heavy atom. The van der Waals surface area contributed by atoms with Crippen LogP contribution in [0.5, 0.6) is 5.75 Å². The van der Waals surface area contributed by atoms with Crippen molar-refractivity contribution in [3.63, 3.8) is 0 Å². The maximum Gasteiger partial charge on any atom is 0.141 e. The molecular weight excluding hydrogens is 190 g/mol. The smallest absolute Gasteiger partial charge is 0.141 e. The van der Waals surface area contributed by atoms with E-state index in [0.717, 1.165) is 37.5 Å². The van der Waals surface area contributed by atoms with Gasteiger partial charge in [0.2, 0.25) is 0 Å². The Kier molecular flexibility index (Phi) is 3.45. The van der Waals surface area contributed by atoms with Gasteiger partial charge in [-0.25, -0.2) is 0 Å². The SMILES string of the molecule is COc1ccccc1NC1CCCOC1. The van der Waals surface area contributed by atoms with E-state index >= 15 is 0 Å². The average molecular weight is 207 g/mol.